The number of piperazine rings is 1. The van der Waals surface area contributed by atoms with E-state index in [1.54, 1.807) is 9.80 Å². The Labute approximate surface area is 179 Å². The molecule has 0 aromatic carbocycles. The van der Waals surface area contributed by atoms with E-state index in [2.05, 4.69) is 26.1 Å². The largest absolute Gasteiger partial charge is 0.480 e. The average Bonchev–Trinajstić information content (AvgIpc) is 2.69. The summed E-state index contributed by atoms with van der Waals surface area (Å²) < 4.78 is 0. The van der Waals surface area contributed by atoms with E-state index < -0.39 is 5.97 Å². The van der Waals surface area contributed by atoms with Crippen molar-refractivity contribution >= 4 is 24.6 Å². The summed E-state index contributed by atoms with van der Waals surface area (Å²) in [6.45, 7) is 10.1. The predicted molar refractivity (Wildman–Crippen MR) is 115 cm³/mol. The van der Waals surface area contributed by atoms with Crippen LogP contribution in [0.15, 0.2) is 0 Å². The van der Waals surface area contributed by atoms with E-state index in [0.717, 1.165) is 18.8 Å². The lowest BCUT2D eigenvalue weighted by atomic mass is 10.1. The van der Waals surface area contributed by atoms with Gasteiger partial charge in [-0.3, -0.25) is 19.3 Å². The van der Waals surface area contributed by atoms with Gasteiger partial charge in [-0.2, -0.15) is 0 Å². The molecular weight excluding hydrogens is 392 g/mol. The molecule has 1 heterocycles. The summed E-state index contributed by atoms with van der Waals surface area (Å²) in [4.78, 5) is 45.8. The van der Waals surface area contributed by atoms with Gasteiger partial charge in [-0.1, -0.05) is 20.8 Å². The van der Waals surface area contributed by atoms with Crippen LogP contribution in [0.5, 0.6) is 0 Å². The lowest BCUT2D eigenvalue weighted by Crippen LogP contribution is -2.57. The van der Waals surface area contributed by atoms with E-state index in [0.29, 0.717) is 32.6 Å². The SMILES string of the molecule is C=O.CC(C)C.NCCCCC(=O)NCCC(=O)N1CCN(CC(=O)O)C(CO)C1. The minimum absolute atomic E-state index is 0.0873. The first-order valence-corrected chi connectivity index (χ1v) is 10.3. The van der Waals surface area contributed by atoms with Gasteiger partial charge in [0.15, 0.2) is 0 Å². The number of nitrogens with one attached hydrogen (secondary N) is 1. The lowest BCUT2D eigenvalue weighted by Gasteiger charge is -2.39. The van der Waals surface area contributed by atoms with Crippen molar-refractivity contribution in [2.24, 2.45) is 11.7 Å². The Bertz CT molecular complexity index is 487. The van der Waals surface area contributed by atoms with Crippen LogP contribution >= 0.6 is 0 Å². The number of carboxylic acids is 1. The number of carboxylic acid groups (broad SMARTS) is 1. The van der Waals surface area contributed by atoms with Crippen LogP contribution < -0.4 is 11.1 Å². The Kier molecular flexibility index (Phi) is 19.1. The zero-order valence-corrected chi connectivity index (χ0v) is 18.6. The maximum atomic E-state index is 12.2. The third kappa shape index (κ3) is 15.8. The molecule has 176 valence electrons. The summed E-state index contributed by atoms with van der Waals surface area (Å²) in [5, 5.41) is 20.9. The van der Waals surface area contributed by atoms with E-state index in [1.165, 1.54) is 0 Å². The van der Waals surface area contributed by atoms with Gasteiger partial charge in [0.25, 0.3) is 0 Å². The number of aliphatic carboxylic acids is 1. The minimum atomic E-state index is -0.953. The summed E-state index contributed by atoms with van der Waals surface area (Å²) in [7, 11) is 0. The number of amides is 2. The summed E-state index contributed by atoms with van der Waals surface area (Å²) in [5.74, 6) is -0.313. The highest BCUT2D eigenvalue weighted by Gasteiger charge is 2.29. The second-order valence-electron chi connectivity index (χ2n) is 7.62. The average molecular weight is 433 g/mol. The maximum absolute atomic E-state index is 12.2. The highest BCUT2D eigenvalue weighted by atomic mass is 16.4. The Morgan fingerprint density at radius 1 is 1.13 bits per heavy atom. The highest BCUT2D eigenvalue weighted by molar-refractivity contribution is 5.79. The molecule has 0 aromatic heterocycles. The molecule has 0 spiro atoms. The first kappa shape index (κ1) is 30.2. The number of aliphatic hydroxyl groups excluding tert-OH is 1. The Balaban J connectivity index is 0. The summed E-state index contributed by atoms with van der Waals surface area (Å²) >= 11 is 0. The van der Waals surface area contributed by atoms with E-state index in [1.807, 2.05) is 6.79 Å². The van der Waals surface area contributed by atoms with Gasteiger partial charge < -0.3 is 31.0 Å². The number of rotatable bonds is 10. The predicted octanol–water partition coefficient (Wildman–Crippen LogP) is -0.311. The number of unbranched alkanes of at least 4 members (excludes halogenated alkanes) is 1. The molecule has 1 atom stereocenters. The fraction of sp³-hybridized carbons (Fsp3) is 0.800. The first-order chi connectivity index (χ1) is 14.2. The number of hydrogen-bond donors (Lipinski definition) is 4. The fourth-order valence-corrected chi connectivity index (χ4v) is 2.66. The van der Waals surface area contributed by atoms with Gasteiger partial charge in [-0.05, 0) is 25.3 Å². The molecule has 5 N–H and O–H groups in total. The molecule has 1 fully saturated rings. The molecule has 0 bridgehead atoms. The summed E-state index contributed by atoms with van der Waals surface area (Å²) in [5.41, 5.74) is 5.36. The third-order valence-electron chi connectivity index (χ3n) is 4.03. The molecule has 0 aliphatic carbocycles. The molecule has 1 aliphatic rings. The Morgan fingerprint density at radius 2 is 1.73 bits per heavy atom. The zero-order valence-electron chi connectivity index (χ0n) is 18.6. The smallest absolute Gasteiger partial charge is 0.317 e. The van der Waals surface area contributed by atoms with Crippen molar-refractivity contribution in [3.8, 4) is 0 Å². The maximum Gasteiger partial charge on any atom is 0.317 e. The molecule has 30 heavy (non-hydrogen) atoms. The van der Waals surface area contributed by atoms with Crippen LogP contribution in [0.3, 0.4) is 0 Å². The molecule has 0 radical (unpaired) electrons. The Hall–Kier alpha value is -2.04. The zero-order chi connectivity index (χ0) is 23.5. The molecule has 1 unspecified atom stereocenters. The third-order valence-corrected chi connectivity index (χ3v) is 4.03. The van der Waals surface area contributed by atoms with Gasteiger partial charge >= 0.3 is 5.97 Å². The van der Waals surface area contributed by atoms with E-state index in [-0.39, 0.29) is 44.0 Å². The van der Waals surface area contributed by atoms with Gasteiger partial charge in [-0.25, -0.2) is 0 Å². The molecule has 0 saturated carbocycles. The monoisotopic (exact) mass is 432 g/mol. The van der Waals surface area contributed by atoms with Crippen molar-refractivity contribution in [2.45, 2.75) is 52.5 Å². The first-order valence-electron chi connectivity index (χ1n) is 10.3. The van der Waals surface area contributed by atoms with Crippen molar-refractivity contribution in [3.63, 3.8) is 0 Å². The fourth-order valence-electron chi connectivity index (χ4n) is 2.66. The second-order valence-corrected chi connectivity index (χ2v) is 7.62. The molecule has 10 nitrogen and oxygen atoms in total. The van der Waals surface area contributed by atoms with Crippen molar-refractivity contribution in [1.82, 2.24) is 15.1 Å². The van der Waals surface area contributed by atoms with E-state index in [4.69, 9.17) is 15.6 Å². The second kappa shape index (κ2) is 19.0. The van der Waals surface area contributed by atoms with Crippen molar-refractivity contribution in [2.75, 3.05) is 45.9 Å². The number of aliphatic hydroxyl groups is 1. The highest BCUT2D eigenvalue weighted by Crippen LogP contribution is 2.10. The lowest BCUT2D eigenvalue weighted by molar-refractivity contribution is -0.141. The van der Waals surface area contributed by atoms with Crippen molar-refractivity contribution < 1.29 is 29.4 Å². The van der Waals surface area contributed by atoms with Crippen LogP contribution in [-0.2, 0) is 19.2 Å². The molecular formula is C20H40N4O6. The molecule has 1 saturated heterocycles. The van der Waals surface area contributed by atoms with Crippen LogP contribution in [0.4, 0.5) is 0 Å². The van der Waals surface area contributed by atoms with Crippen LogP contribution in [0, 0.1) is 5.92 Å². The number of carbonyl (C=O) groups excluding carboxylic acids is 3. The molecule has 2 amide bonds. The number of nitrogens with two attached hydrogens (primary N) is 1. The van der Waals surface area contributed by atoms with E-state index in [9.17, 15) is 19.5 Å². The van der Waals surface area contributed by atoms with Crippen molar-refractivity contribution in [1.29, 1.82) is 0 Å². The van der Waals surface area contributed by atoms with Gasteiger partial charge in [0.05, 0.1) is 19.2 Å². The Morgan fingerprint density at radius 3 is 2.23 bits per heavy atom. The number of nitrogens with zero attached hydrogens (tertiary/aromatic N) is 2. The van der Waals surface area contributed by atoms with Gasteiger partial charge in [-0.15, -0.1) is 0 Å². The van der Waals surface area contributed by atoms with Crippen LogP contribution in [0.25, 0.3) is 0 Å². The van der Waals surface area contributed by atoms with Gasteiger partial charge in [0, 0.05) is 39.0 Å². The van der Waals surface area contributed by atoms with E-state index >= 15 is 0 Å². The van der Waals surface area contributed by atoms with Crippen molar-refractivity contribution in [3.05, 3.63) is 0 Å². The quantitative estimate of drug-likeness (QED) is 0.343. The molecule has 0 aromatic rings. The molecule has 10 heteroatoms. The van der Waals surface area contributed by atoms with Gasteiger partial charge in [0.1, 0.15) is 6.79 Å². The van der Waals surface area contributed by atoms with Gasteiger partial charge in [0.2, 0.25) is 11.8 Å². The summed E-state index contributed by atoms with van der Waals surface area (Å²) in [6, 6.07) is -0.371. The molecule has 1 aliphatic heterocycles. The number of hydrogen-bond acceptors (Lipinski definition) is 7. The topological polar surface area (TPSA) is 153 Å². The van der Waals surface area contributed by atoms with Crippen LogP contribution in [-0.4, -0.2) is 96.5 Å². The van der Waals surface area contributed by atoms with Crippen LogP contribution in [0.2, 0.25) is 0 Å². The standard InChI is InChI=1S/C15H28N4O5.C4H10.CH2O/c16-5-2-1-3-13(21)17-6-4-14(22)19-8-7-18(10-15(23)24)12(9-19)11-20;1-4(2)3;1-2/h12,20H,1-11,16H2,(H,17,21)(H,23,24);4H,1-3H3;1H2. The normalized spacial score (nSPS) is 16.1. The minimum Gasteiger partial charge on any atom is -0.480 e. The number of carbonyl (C=O) groups is 4. The van der Waals surface area contributed by atoms with Crippen LogP contribution in [0.1, 0.15) is 46.5 Å². The summed E-state index contributed by atoms with van der Waals surface area (Å²) in [6.07, 6.45) is 2.14. The molecule has 1 rings (SSSR count).